The van der Waals surface area contributed by atoms with Crippen LogP contribution < -0.4 is 15.0 Å². The molecule has 1 fully saturated rings. The quantitative estimate of drug-likeness (QED) is 0.807. The summed E-state index contributed by atoms with van der Waals surface area (Å²) in [7, 11) is 4.88. The third kappa shape index (κ3) is 3.68. The Balaban J connectivity index is 1.90. The number of carbonyl (C=O) groups is 1. The van der Waals surface area contributed by atoms with Gasteiger partial charge in [-0.05, 0) is 37.1 Å². The van der Waals surface area contributed by atoms with Crippen molar-refractivity contribution in [2.24, 2.45) is 7.05 Å². The smallest absolute Gasteiger partial charge is 0.254 e. The topological polar surface area (TPSA) is 60.8 Å². The number of pyridine rings is 1. The molecule has 0 saturated heterocycles. The maximum atomic E-state index is 13.0. The van der Waals surface area contributed by atoms with Crippen molar-refractivity contribution in [3.8, 4) is 11.5 Å². The lowest BCUT2D eigenvalue weighted by molar-refractivity contribution is 0.0728. The third-order valence-electron chi connectivity index (χ3n) is 4.43. The summed E-state index contributed by atoms with van der Waals surface area (Å²) >= 11 is 0. The lowest BCUT2D eigenvalue weighted by Crippen LogP contribution is -2.33. The first kappa shape index (κ1) is 17.1. The molecule has 25 heavy (non-hydrogen) atoms. The summed E-state index contributed by atoms with van der Waals surface area (Å²) in [5.74, 6) is 1.29. The Bertz CT molecular complexity index is 840. The van der Waals surface area contributed by atoms with Crippen molar-refractivity contribution in [1.82, 2.24) is 9.47 Å². The van der Waals surface area contributed by atoms with Gasteiger partial charge in [0.1, 0.15) is 11.5 Å². The molecule has 0 spiro atoms. The molecule has 1 aliphatic carbocycles. The number of amides is 1. The molecular formula is C19H22N2O4. The van der Waals surface area contributed by atoms with Gasteiger partial charge in [0.15, 0.2) is 0 Å². The molecule has 1 aliphatic rings. The first-order valence-electron chi connectivity index (χ1n) is 8.22. The van der Waals surface area contributed by atoms with E-state index < -0.39 is 0 Å². The molecule has 0 bridgehead atoms. The number of nitrogens with zero attached hydrogens (tertiary/aromatic N) is 2. The van der Waals surface area contributed by atoms with Gasteiger partial charge in [-0.15, -0.1) is 0 Å². The number of methoxy groups -OCH3 is 2. The lowest BCUT2D eigenvalue weighted by Gasteiger charge is -2.24. The highest BCUT2D eigenvalue weighted by molar-refractivity contribution is 5.94. The van der Waals surface area contributed by atoms with E-state index in [1.807, 2.05) is 23.1 Å². The molecule has 0 atom stereocenters. The van der Waals surface area contributed by atoms with Gasteiger partial charge in [0, 0.05) is 36.5 Å². The Kier molecular flexibility index (Phi) is 4.79. The standard InChI is InChI=1S/C19H22N2O4/c1-20-9-8-13(11-18(20)22)19(23)21(15-4-5-15)12-14-10-16(24-2)6-7-17(14)25-3/h6-11,15H,4-5,12H2,1-3H3. The van der Waals surface area contributed by atoms with E-state index in [1.165, 1.54) is 10.6 Å². The van der Waals surface area contributed by atoms with Gasteiger partial charge in [0.25, 0.3) is 11.5 Å². The maximum Gasteiger partial charge on any atom is 0.254 e. The zero-order chi connectivity index (χ0) is 18.0. The Morgan fingerprint density at radius 2 is 1.96 bits per heavy atom. The monoisotopic (exact) mass is 342 g/mol. The number of ether oxygens (including phenoxy) is 2. The number of benzene rings is 1. The van der Waals surface area contributed by atoms with Crippen molar-refractivity contribution >= 4 is 5.91 Å². The minimum Gasteiger partial charge on any atom is -0.497 e. The summed E-state index contributed by atoms with van der Waals surface area (Å²) in [6, 6.07) is 8.81. The molecular weight excluding hydrogens is 320 g/mol. The summed E-state index contributed by atoms with van der Waals surface area (Å²) in [6.45, 7) is 0.416. The largest absolute Gasteiger partial charge is 0.497 e. The van der Waals surface area contributed by atoms with E-state index in [4.69, 9.17) is 9.47 Å². The second-order valence-corrected chi connectivity index (χ2v) is 6.21. The molecule has 1 saturated carbocycles. The summed E-state index contributed by atoms with van der Waals surface area (Å²) in [5, 5.41) is 0. The minimum atomic E-state index is -0.194. The van der Waals surface area contributed by atoms with Gasteiger partial charge in [-0.1, -0.05) is 0 Å². The van der Waals surface area contributed by atoms with E-state index in [9.17, 15) is 9.59 Å². The fourth-order valence-electron chi connectivity index (χ4n) is 2.79. The van der Waals surface area contributed by atoms with E-state index in [0.717, 1.165) is 18.4 Å². The van der Waals surface area contributed by atoms with E-state index in [1.54, 1.807) is 33.5 Å². The molecule has 0 aliphatic heterocycles. The fraction of sp³-hybridized carbons (Fsp3) is 0.368. The molecule has 1 aromatic heterocycles. The number of aryl methyl sites for hydroxylation is 1. The maximum absolute atomic E-state index is 13.0. The van der Waals surface area contributed by atoms with Crippen molar-refractivity contribution < 1.29 is 14.3 Å². The van der Waals surface area contributed by atoms with Crippen LogP contribution in [0.4, 0.5) is 0 Å². The predicted octanol–water partition coefficient (Wildman–Crippen LogP) is 2.21. The van der Waals surface area contributed by atoms with E-state index in [-0.39, 0.29) is 17.5 Å². The average molecular weight is 342 g/mol. The number of aromatic nitrogens is 1. The molecule has 132 valence electrons. The zero-order valence-corrected chi connectivity index (χ0v) is 14.7. The molecule has 6 heteroatoms. The molecule has 0 N–H and O–H groups in total. The Labute approximate surface area is 146 Å². The van der Waals surface area contributed by atoms with Crippen molar-refractivity contribution in [2.75, 3.05) is 14.2 Å². The lowest BCUT2D eigenvalue weighted by atomic mass is 10.1. The molecule has 6 nitrogen and oxygen atoms in total. The third-order valence-corrected chi connectivity index (χ3v) is 4.43. The molecule has 1 heterocycles. The Morgan fingerprint density at radius 3 is 2.56 bits per heavy atom. The van der Waals surface area contributed by atoms with Gasteiger partial charge in [-0.2, -0.15) is 0 Å². The van der Waals surface area contributed by atoms with Crippen LogP contribution in [0.25, 0.3) is 0 Å². The zero-order valence-electron chi connectivity index (χ0n) is 14.7. The van der Waals surface area contributed by atoms with Crippen LogP contribution in [0.5, 0.6) is 11.5 Å². The summed E-state index contributed by atoms with van der Waals surface area (Å²) in [4.78, 5) is 26.6. The van der Waals surface area contributed by atoms with Crippen molar-refractivity contribution in [3.05, 3.63) is 58.0 Å². The molecule has 1 amide bonds. The highest BCUT2D eigenvalue weighted by Crippen LogP contribution is 2.32. The van der Waals surface area contributed by atoms with Gasteiger partial charge in [0.2, 0.25) is 0 Å². The summed E-state index contributed by atoms with van der Waals surface area (Å²) in [5.41, 5.74) is 1.10. The molecule has 0 unspecified atom stereocenters. The Hall–Kier alpha value is -2.76. The van der Waals surface area contributed by atoms with Gasteiger partial charge in [0.05, 0.1) is 20.8 Å². The van der Waals surface area contributed by atoms with Crippen molar-refractivity contribution in [3.63, 3.8) is 0 Å². The minimum absolute atomic E-state index is 0.134. The second kappa shape index (κ2) is 7.01. The number of hydrogen-bond acceptors (Lipinski definition) is 4. The summed E-state index contributed by atoms with van der Waals surface area (Å²) < 4.78 is 12.2. The summed E-state index contributed by atoms with van der Waals surface area (Å²) in [6.07, 6.45) is 3.57. The molecule has 0 radical (unpaired) electrons. The number of hydrogen-bond donors (Lipinski definition) is 0. The van der Waals surface area contributed by atoms with Crippen LogP contribution in [0.2, 0.25) is 0 Å². The van der Waals surface area contributed by atoms with Crippen molar-refractivity contribution in [2.45, 2.75) is 25.4 Å². The highest BCUT2D eigenvalue weighted by Gasteiger charge is 2.33. The van der Waals surface area contributed by atoms with Gasteiger partial charge in [-0.25, -0.2) is 0 Å². The van der Waals surface area contributed by atoms with E-state index in [2.05, 4.69) is 0 Å². The highest BCUT2D eigenvalue weighted by atomic mass is 16.5. The molecule has 1 aromatic carbocycles. The van der Waals surface area contributed by atoms with Crippen LogP contribution in [0, 0.1) is 0 Å². The van der Waals surface area contributed by atoms with Gasteiger partial charge in [-0.3, -0.25) is 9.59 Å². The number of rotatable bonds is 6. The first-order chi connectivity index (χ1) is 12.0. The van der Waals surface area contributed by atoms with Crippen LogP contribution in [-0.2, 0) is 13.6 Å². The van der Waals surface area contributed by atoms with Crippen LogP contribution in [0.3, 0.4) is 0 Å². The van der Waals surface area contributed by atoms with Crippen LogP contribution >= 0.6 is 0 Å². The fourth-order valence-corrected chi connectivity index (χ4v) is 2.79. The average Bonchev–Trinajstić information content (AvgIpc) is 3.46. The normalized spacial score (nSPS) is 13.4. The SMILES string of the molecule is COc1ccc(OC)c(CN(C(=O)c2ccn(C)c(=O)c2)C2CC2)c1. The predicted molar refractivity (Wildman–Crippen MR) is 94.1 cm³/mol. The van der Waals surface area contributed by atoms with Crippen molar-refractivity contribution in [1.29, 1.82) is 0 Å². The molecule has 2 aromatic rings. The molecule has 3 rings (SSSR count). The van der Waals surface area contributed by atoms with Crippen LogP contribution in [0.1, 0.15) is 28.8 Å². The second-order valence-electron chi connectivity index (χ2n) is 6.21. The Morgan fingerprint density at radius 1 is 1.20 bits per heavy atom. The first-order valence-corrected chi connectivity index (χ1v) is 8.22. The van der Waals surface area contributed by atoms with E-state index >= 15 is 0 Å². The van der Waals surface area contributed by atoms with Crippen LogP contribution in [-0.4, -0.2) is 35.6 Å². The van der Waals surface area contributed by atoms with E-state index in [0.29, 0.717) is 23.6 Å². The number of carbonyl (C=O) groups excluding carboxylic acids is 1. The van der Waals surface area contributed by atoms with Crippen LogP contribution in [0.15, 0.2) is 41.3 Å². The van der Waals surface area contributed by atoms with Gasteiger partial charge >= 0.3 is 0 Å². The van der Waals surface area contributed by atoms with Gasteiger partial charge < -0.3 is 18.9 Å².